The summed E-state index contributed by atoms with van der Waals surface area (Å²) in [6, 6.07) is 20.3. The highest BCUT2D eigenvalue weighted by molar-refractivity contribution is 5.90. The summed E-state index contributed by atoms with van der Waals surface area (Å²) in [6.07, 6.45) is -2.14. The summed E-state index contributed by atoms with van der Waals surface area (Å²) in [5.41, 5.74) is 1.18. The van der Waals surface area contributed by atoms with E-state index in [9.17, 15) is 34.3 Å². The van der Waals surface area contributed by atoms with Crippen LogP contribution in [-0.4, -0.2) is 56.6 Å². The van der Waals surface area contributed by atoms with Crippen LogP contribution in [0.5, 0.6) is 0 Å². The monoisotopic (exact) mass is 622 g/mol. The molecule has 0 unspecified atom stereocenters. The van der Waals surface area contributed by atoms with Gasteiger partial charge >= 0.3 is 5.69 Å². The lowest BCUT2D eigenvalue weighted by molar-refractivity contribution is -0.387. The second-order valence-electron chi connectivity index (χ2n) is 12.0. The number of benzene rings is 3. The van der Waals surface area contributed by atoms with E-state index in [0.717, 1.165) is 23.3 Å². The number of carbonyl (C=O) groups is 2. The first kappa shape index (κ1) is 35.3. The zero-order valence-electron chi connectivity index (χ0n) is 26.1. The number of hydrogen-bond donors (Lipinski definition) is 4. The minimum absolute atomic E-state index is 0.00364. The first-order valence-electron chi connectivity index (χ1n) is 15.1. The van der Waals surface area contributed by atoms with Crippen molar-refractivity contribution in [2.24, 2.45) is 11.8 Å². The maximum Gasteiger partial charge on any atom is 0.305 e. The lowest BCUT2D eigenvalue weighted by Crippen LogP contribution is -2.58. The molecule has 0 radical (unpaired) electrons. The number of nitrogens with zero attached hydrogens (tertiary/aromatic N) is 2. The molecule has 0 spiro atoms. The highest BCUT2D eigenvalue weighted by Crippen LogP contribution is 2.23. The summed E-state index contributed by atoms with van der Waals surface area (Å²) >= 11 is 0. The van der Waals surface area contributed by atoms with Gasteiger partial charge in [-0.3, -0.25) is 24.6 Å². The quantitative estimate of drug-likeness (QED) is 0.136. The summed E-state index contributed by atoms with van der Waals surface area (Å²) in [5.74, 6) is -2.39. The van der Waals surface area contributed by atoms with Crippen LogP contribution in [0.15, 0.2) is 78.9 Å². The van der Waals surface area contributed by atoms with Crippen molar-refractivity contribution < 1.29 is 29.1 Å². The molecule has 3 rings (SSSR count). The number of nitrogens with one attached hydrogen (secondary N) is 2. The zero-order chi connectivity index (χ0) is 33.1. The molecule has 0 aliphatic carbocycles. The number of aliphatic hydroxyl groups excluding tert-OH is 2. The van der Waals surface area contributed by atoms with E-state index in [0.29, 0.717) is 13.1 Å². The van der Waals surface area contributed by atoms with Gasteiger partial charge in [0, 0.05) is 25.7 Å². The molecule has 4 N–H and O–H groups in total. The molecule has 3 aromatic rings. The van der Waals surface area contributed by atoms with E-state index in [1.54, 1.807) is 0 Å². The molecule has 0 fully saturated rings. The molecular weight excluding hydrogens is 579 g/mol. The minimum atomic E-state index is -1.36. The predicted octanol–water partition coefficient (Wildman–Crippen LogP) is 4.50. The minimum Gasteiger partial charge on any atom is -0.391 e. The van der Waals surface area contributed by atoms with E-state index in [1.807, 2.05) is 93.3 Å². The van der Waals surface area contributed by atoms with Gasteiger partial charge in [0.05, 0.1) is 17.1 Å². The van der Waals surface area contributed by atoms with Gasteiger partial charge in [-0.2, -0.15) is 4.39 Å². The molecule has 11 heteroatoms. The Kier molecular flexibility index (Phi) is 13.1. The van der Waals surface area contributed by atoms with Crippen molar-refractivity contribution in [1.82, 2.24) is 15.5 Å². The van der Waals surface area contributed by atoms with Crippen LogP contribution in [0.4, 0.5) is 10.1 Å². The van der Waals surface area contributed by atoms with E-state index in [1.165, 1.54) is 6.07 Å². The van der Waals surface area contributed by atoms with Gasteiger partial charge in [0.15, 0.2) is 0 Å². The average Bonchev–Trinajstić information content (AvgIpc) is 3.00. The number of amides is 2. The summed E-state index contributed by atoms with van der Waals surface area (Å²) in [4.78, 5) is 39.6. The smallest absolute Gasteiger partial charge is 0.305 e. The Morgan fingerprint density at radius 3 is 1.93 bits per heavy atom. The maximum atomic E-state index is 14.1. The molecule has 2 amide bonds. The highest BCUT2D eigenvalue weighted by Gasteiger charge is 2.37. The third-order valence-electron chi connectivity index (χ3n) is 7.49. The summed E-state index contributed by atoms with van der Waals surface area (Å²) < 4.78 is 13.8. The molecule has 0 heterocycles. The molecule has 4 atom stereocenters. The number of halogens is 1. The fourth-order valence-corrected chi connectivity index (χ4v) is 5.07. The van der Waals surface area contributed by atoms with Crippen LogP contribution in [0.3, 0.4) is 0 Å². The highest BCUT2D eigenvalue weighted by atomic mass is 19.1. The Bertz CT molecular complexity index is 1360. The number of carbonyl (C=O) groups excluding carboxylic acids is 2. The van der Waals surface area contributed by atoms with Crippen molar-refractivity contribution in [1.29, 1.82) is 0 Å². The van der Waals surface area contributed by atoms with Crippen LogP contribution < -0.4 is 10.6 Å². The van der Waals surface area contributed by atoms with E-state index in [4.69, 9.17) is 0 Å². The number of nitro benzene ring substituents is 1. The van der Waals surface area contributed by atoms with Crippen molar-refractivity contribution in [3.05, 3.63) is 111 Å². The van der Waals surface area contributed by atoms with Crippen molar-refractivity contribution in [2.75, 3.05) is 6.54 Å². The van der Waals surface area contributed by atoms with Gasteiger partial charge in [0.25, 0.3) is 0 Å². The van der Waals surface area contributed by atoms with Gasteiger partial charge in [0.2, 0.25) is 17.6 Å². The lowest BCUT2D eigenvalue weighted by atomic mass is 9.95. The van der Waals surface area contributed by atoms with Gasteiger partial charge in [-0.1, -0.05) is 94.4 Å². The average molecular weight is 623 g/mol. The molecule has 10 nitrogen and oxygen atoms in total. The lowest BCUT2D eigenvalue weighted by Gasteiger charge is -2.36. The molecular formula is C34H43FN4O6. The van der Waals surface area contributed by atoms with Crippen LogP contribution in [0.25, 0.3) is 0 Å². The van der Waals surface area contributed by atoms with Gasteiger partial charge in [0.1, 0.15) is 12.1 Å². The number of hydrogen-bond acceptors (Lipinski definition) is 7. The van der Waals surface area contributed by atoms with Crippen molar-refractivity contribution in [3.8, 4) is 0 Å². The van der Waals surface area contributed by atoms with Gasteiger partial charge in [-0.05, 0) is 41.0 Å². The predicted molar refractivity (Wildman–Crippen MR) is 169 cm³/mol. The second-order valence-corrected chi connectivity index (χ2v) is 12.0. The first-order valence-corrected chi connectivity index (χ1v) is 15.1. The van der Waals surface area contributed by atoms with E-state index in [2.05, 4.69) is 10.6 Å². The topological polar surface area (TPSA) is 145 Å². The molecule has 242 valence electrons. The van der Waals surface area contributed by atoms with Gasteiger partial charge in [-0.25, -0.2) is 0 Å². The van der Waals surface area contributed by atoms with Crippen molar-refractivity contribution in [3.63, 3.8) is 0 Å². The van der Waals surface area contributed by atoms with Crippen LogP contribution in [0.2, 0.25) is 0 Å². The Morgan fingerprint density at radius 1 is 0.889 bits per heavy atom. The molecule has 0 bridgehead atoms. The third kappa shape index (κ3) is 10.4. The largest absolute Gasteiger partial charge is 0.391 e. The maximum absolute atomic E-state index is 14.1. The normalized spacial score (nSPS) is 14.2. The van der Waals surface area contributed by atoms with E-state index < -0.39 is 52.5 Å². The SMILES string of the molecule is CC(C)C[C@H](NC(=O)[C@H]([C@@H](O)C(C)C)N(Cc1ccccc1)Cc1ccccc1)C(=O)NC[C@H](O)c1ccc(F)c([N+](=O)[O-])c1. The third-order valence-corrected chi connectivity index (χ3v) is 7.49. The molecule has 0 aliphatic heterocycles. The summed E-state index contributed by atoms with van der Waals surface area (Å²) in [7, 11) is 0. The Hall–Kier alpha value is -4.19. The van der Waals surface area contributed by atoms with E-state index in [-0.39, 0.29) is 30.4 Å². The number of rotatable bonds is 16. The summed E-state index contributed by atoms with van der Waals surface area (Å²) in [6.45, 7) is 7.87. The standard InChI is InChI=1S/C34H43FN4O6/c1-22(2)17-28(33(42)36-19-30(40)26-15-16-27(35)29(18-26)39(44)45)37-34(43)31(32(41)23(3)4)38(20-24-11-7-5-8-12-24)21-25-13-9-6-10-14-25/h5-16,18,22-23,28,30-32,40-41H,17,19-21H2,1-4H3,(H,36,42)(H,37,43)/t28-,30-,31-,32-/m0/s1. The molecule has 3 aromatic carbocycles. The fraction of sp³-hybridized carbons (Fsp3) is 0.412. The first-order chi connectivity index (χ1) is 21.4. The molecule has 45 heavy (non-hydrogen) atoms. The number of nitro groups is 1. The Balaban J connectivity index is 1.84. The Labute approximate surface area is 263 Å². The van der Waals surface area contributed by atoms with Crippen LogP contribution in [0, 0.1) is 27.8 Å². The van der Waals surface area contributed by atoms with Crippen LogP contribution in [0.1, 0.15) is 56.9 Å². The summed E-state index contributed by atoms with van der Waals surface area (Å²) in [5, 5.41) is 38.6. The molecule has 0 aromatic heterocycles. The number of aliphatic hydroxyl groups is 2. The van der Waals surface area contributed by atoms with Crippen LogP contribution in [-0.2, 0) is 22.7 Å². The zero-order valence-corrected chi connectivity index (χ0v) is 26.1. The van der Waals surface area contributed by atoms with Crippen molar-refractivity contribution >= 4 is 17.5 Å². The second kappa shape index (κ2) is 16.8. The van der Waals surface area contributed by atoms with Gasteiger partial charge < -0.3 is 20.8 Å². The van der Waals surface area contributed by atoms with Crippen LogP contribution >= 0.6 is 0 Å². The van der Waals surface area contributed by atoms with Gasteiger partial charge in [-0.15, -0.1) is 0 Å². The van der Waals surface area contributed by atoms with E-state index >= 15 is 0 Å². The van der Waals surface area contributed by atoms with Crippen molar-refractivity contribution in [2.45, 2.75) is 71.5 Å². The molecule has 0 aliphatic rings. The molecule has 0 saturated carbocycles. The Morgan fingerprint density at radius 2 is 1.44 bits per heavy atom. The molecule has 0 saturated heterocycles. The fourth-order valence-electron chi connectivity index (χ4n) is 5.07.